The molecule has 1 fully saturated rings. The third-order valence-electron chi connectivity index (χ3n) is 3.60. The largest absolute Gasteiger partial charge is 0.463 e. The highest BCUT2D eigenvalue weighted by atomic mass is 32.2. The van der Waals surface area contributed by atoms with E-state index in [9.17, 15) is 18.0 Å². The highest BCUT2D eigenvalue weighted by molar-refractivity contribution is 7.89. The fourth-order valence-electron chi connectivity index (χ4n) is 2.36. The summed E-state index contributed by atoms with van der Waals surface area (Å²) < 4.78 is 36.3. The smallest absolute Gasteiger partial charge is 0.347 e. The van der Waals surface area contributed by atoms with Crippen molar-refractivity contribution in [1.82, 2.24) is 4.72 Å². The Labute approximate surface area is 138 Å². The van der Waals surface area contributed by atoms with Crippen molar-refractivity contribution >= 4 is 32.7 Å². The number of cyclic esters (lactones) is 1. The summed E-state index contributed by atoms with van der Waals surface area (Å²) in [5.74, 6) is -1.44. The Hall–Kier alpha value is -2.45. The van der Waals surface area contributed by atoms with Gasteiger partial charge in [0, 0.05) is 6.42 Å². The normalized spacial score (nSPS) is 17.7. The van der Waals surface area contributed by atoms with Crippen LogP contribution in [0.2, 0.25) is 0 Å². The van der Waals surface area contributed by atoms with Crippen molar-refractivity contribution in [1.29, 1.82) is 0 Å². The first-order chi connectivity index (χ1) is 11.5. The lowest BCUT2D eigenvalue weighted by molar-refractivity contribution is -0.159. The maximum atomic E-state index is 12.3. The second kappa shape index (κ2) is 6.58. The van der Waals surface area contributed by atoms with E-state index in [0.29, 0.717) is 0 Å². The molecule has 0 unspecified atom stereocenters. The summed E-state index contributed by atoms with van der Waals surface area (Å²) in [4.78, 5) is 22.9. The van der Waals surface area contributed by atoms with E-state index in [4.69, 9.17) is 4.74 Å². The van der Waals surface area contributed by atoms with Crippen LogP contribution in [-0.2, 0) is 29.1 Å². The SMILES string of the molecule is O=C(CNS(=O)(=O)c1ccc2ccccc2c1)O[C@@H]1CCOC1=O. The van der Waals surface area contributed by atoms with Crippen molar-refractivity contribution in [2.75, 3.05) is 13.2 Å². The summed E-state index contributed by atoms with van der Waals surface area (Å²) in [5, 5.41) is 1.69. The molecule has 8 heteroatoms. The Bertz CT molecular complexity index is 892. The first-order valence-corrected chi connectivity index (χ1v) is 8.79. The molecule has 0 amide bonds. The molecule has 1 aliphatic rings. The van der Waals surface area contributed by atoms with Crippen LogP contribution in [-0.4, -0.2) is 39.6 Å². The standard InChI is InChI=1S/C16H15NO6S/c18-15(23-14-7-8-22-16(14)19)10-17-24(20,21)13-6-5-11-3-1-2-4-12(11)9-13/h1-6,9,14,17H,7-8,10H2/t14-/m1/s1. The number of esters is 2. The highest BCUT2D eigenvalue weighted by Gasteiger charge is 2.30. The van der Waals surface area contributed by atoms with Gasteiger partial charge in [-0.25, -0.2) is 13.2 Å². The van der Waals surface area contributed by atoms with Crippen molar-refractivity contribution in [3.8, 4) is 0 Å². The molecule has 0 aromatic heterocycles. The molecule has 0 saturated carbocycles. The van der Waals surface area contributed by atoms with Gasteiger partial charge in [-0.15, -0.1) is 0 Å². The lowest BCUT2D eigenvalue weighted by Crippen LogP contribution is -2.33. The lowest BCUT2D eigenvalue weighted by Gasteiger charge is -2.10. The van der Waals surface area contributed by atoms with Crippen LogP contribution in [0.4, 0.5) is 0 Å². The molecule has 126 valence electrons. The molecule has 1 N–H and O–H groups in total. The molecule has 3 rings (SSSR count). The number of ether oxygens (including phenoxy) is 2. The number of hydrogen-bond donors (Lipinski definition) is 1. The summed E-state index contributed by atoms with van der Waals surface area (Å²) in [7, 11) is -3.86. The molecule has 1 atom stereocenters. The number of sulfonamides is 1. The van der Waals surface area contributed by atoms with Gasteiger partial charge < -0.3 is 9.47 Å². The van der Waals surface area contributed by atoms with Crippen LogP contribution < -0.4 is 4.72 Å². The molecule has 0 spiro atoms. The van der Waals surface area contributed by atoms with Crippen molar-refractivity contribution in [3.63, 3.8) is 0 Å². The van der Waals surface area contributed by atoms with Gasteiger partial charge in [-0.2, -0.15) is 4.72 Å². The van der Waals surface area contributed by atoms with Crippen LogP contribution in [0.25, 0.3) is 10.8 Å². The number of rotatable bonds is 5. The molecule has 2 aromatic rings. The van der Waals surface area contributed by atoms with E-state index >= 15 is 0 Å². The van der Waals surface area contributed by atoms with Gasteiger partial charge in [0.2, 0.25) is 16.1 Å². The van der Waals surface area contributed by atoms with Crippen LogP contribution >= 0.6 is 0 Å². The van der Waals surface area contributed by atoms with Gasteiger partial charge in [0.15, 0.2) is 0 Å². The zero-order valence-corrected chi connectivity index (χ0v) is 13.4. The number of fused-ring (bicyclic) bond motifs is 1. The number of hydrogen-bond acceptors (Lipinski definition) is 6. The first-order valence-electron chi connectivity index (χ1n) is 7.30. The molecule has 24 heavy (non-hydrogen) atoms. The first kappa shape index (κ1) is 16.4. The minimum atomic E-state index is -3.86. The highest BCUT2D eigenvalue weighted by Crippen LogP contribution is 2.18. The van der Waals surface area contributed by atoms with E-state index in [1.165, 1.54) is 12.1 Å². The summed E-state index contributed by atoms with van der Waals surface area (Å²) >= 11 is 0. The third kappa shape index (κ3) is 3.55. The minimum Gasteiger partial charge on any atom is -0.463 e. The molecule has 0 radical (unpaired) electrons. The third-order valence-corrected chi connectivity index (χ3v) is 5.00. The van der Waals surface area contributed by atoms with E-state index in [0.717, 1.165) is 10.8 Å². The zero-order chi connectivity index (χ0) is 17.2. The van der Waals surface area contributed by atoms with Crippen molar-refractivity contribution in [2.24, 2.45) is 0 Å². The van der Waals surface area contributed by atoms with Gasteiger partial charge in [0.25, 0.3) is 0 Å². The van der Waals surface area contributed by atoms with Gasteiger partial charge in [0.05, 0.1) is 11.5 Å². The summed E-state index contributed by atoms with van der Waals surface area (Å²) in [5.41, 5.74) is 0. The summed E-state index contributed by atoms with van der Waals surface area (Å²) in [6.45, 7) is -0.363. The van der Waals surface area contributed by atoms with Crippen molar-refractivity contribution < 1.29 is 27.5 Å². The molecular formula is C16H15NO6S. The fraction of sp³-hybridized carbons (Fsp3) is 0.250. The molecule has 1 saturated heterocycles. The Morgan fingerprint density at radius 3 is 2.67 bits per heavy atom. The Morgan fingerprint density at radius 2 is 1.96 bits per heavy atom. The van der Waals surface area contributed by atoms with Crippen LogP contribution in [0, 0.1) is 0 Å². The molecule has 0 bridgehead atoms. The summed E-state index contributed by atoms with van der Waals surface area (Å²) in [6, 6.07) is 12.0. The fourth-order valence-corrected chi connectivity index (χ4v) is 3.36. The van der Waals surface area contributed by atoms with Gasteiger partial charge in [-0.1, -0.05) is 30.3 Å². The van der Waals surface area contributed by atoms with Gasteiger partial charge in [-0.3, -0.25) is 4.79 Å². The second-order valence-corrected chi connectivity index (χ2v) is 7.04. The Balaban J connectivity index is 1.66. The number of carbonyl (C=O) groups is 2. The minimum absolute atomic E-state index is 0.0503. The van der Waals surface area contributed by atoms with E-state index < -0.39 is 34.6 Å². The Morgan fingerprint density at radius 1 is 1.21 bits per heavy atom. The molecule has 7 nitrogen and oxygen atoms in total. The van der Waals surface area contributed by atoms with E-state index in [2.05, 4.69) is 9.46 Å². The average molecular weight is 349 g/mol. The van der Waals surface area contributed by atoms with E-state index in [-0.39, 0.29) is 17.9 Å². The number of benzene rings is 2. The molecular weight excluding hydrogens is 334 g/mol. The van der Waals surface area contributed by atoms with Crippen molar-refractivity contribution in [2.45, 2.75) is 17.4 Å². The van der Waals surface area contributed by atoms with Crippen LogP contribution in [0.1, 0.15) is 6.42 Å². The van der Waals surface area contributed by atoms with Crippen LogP contribution in [0.15, 0.2) is 47.4 Å². The second-order valence-electron chi connectivity index (χ2n) is 5.27. The predicted octanol–water partition coefficient (Wildman–Crippen LogP) is 0.977. The van der Waals surface area contributed by atoms with Gasteiger partial charge in [0.1, 0.15) is 6.54 Å². The number of nitrogens with one attached hydrogen (secondary N) is 1. The maximum absolute atomic E-state index is 12.3. The molecule has 0 aliphatic carbocycles. The molecule has 2 aromatic carbocycles. The van der Waals surface area contributed by atoms with Crippen LogP contribution in [0.3, 0.4) is 0 Å². The van der Waals surface area contributed by atoms with E-state index in [1.807, 2.05) is 18.2 Å². The monoisotopic (exact) mass is 349 g/mol. The maximum Gasteiger partial charge on any atom is 0.347 e. The summed E-state index contributed by atoms with van der Waals surface area (Å²) in [6.07, 6.45) is -0.676. The van der Waals surface area contributed by atoms with Gasteiger partial charge >= 0.3 is 11.9 Å². The molecule has 1 heterocycles. The quantitative estimate of drug-likeness (QED) is 0.808. The Kier molecular flexibility index (Phi) is 4.50. The topological polar surface area (TPSA) is 98.8 Å². The molecule has 1 aliphatic heterocycles. The van der Waals surface area contributed by atoms with Gasteiger partial charge in [-0.05, 0) is 22.9 Å². The number of carbonyl (C=O) groups excluding carboxylic acids is 2. The van der Waals surface area contributed by atoms with Crippen LogP contribution in [0.5, 0.6) is 0 Å². The van der Waals surface area contributed by atoms with E-state index in [1.54, 1.807) is 12.1 Å². The predicted molar refractivity (Wildman–Crippen MR) is 84.6 cm³/mol. The lowest BCUT2D eigenvalue weighted by atomic mass is 10.1. The average Bonchev–Trinajstić information content (AvgIpc) is 2.97. The van der Waals surface area contributed by atoms with Crippen molar-refractivity contribution in [3.05, 3.63) is 42.5 Å². The zero-order valence-electron chi connectivity index (χ0n) is 12.6.